The highest BCUT2D eigenvalue weighted by atomic mass is 16.7. The number of carbonyl (C=O) groups is 1. The van der Waals surface area contributed by atoms with E-state index in [2.05, 4.69) is 52.6 Å². The van der Waals surface area contributed by atoms with Gasteiger partial charge in [0.25, 0.3) is 0 Å². The van der Waals surface area contributed by atoms with Gasteiger partial charge in [-0.15, -0.1) is 0 Å². The molecule has 0 radical (unpaired) electrons. The molecule has 11 atom stereocenters. The fraction of sp³-hybridized carbons (Fsp3) is 0.757. The highest BCUT2D eigenvalue weighted by molar-refractivity contribution is 6.06. The fourth-order valence-electron chi connectivity index (χ4n) is 12.6. The van der Waals surface area contributed by atoms with Crippen LogP contribution in [0.25, 0.3) is 10.9 Å². The van der Waals surface area contributed by atoms with Crippen molar-refractivity contribution in [2.45, 2.75) is 152 Å². The molecule has 1 aromatic carbocycles. The molecular weight excluding hydrogens is 570 g/mol. The summed E-state index contributed by atoms with van der Waals surface area (Å²) in [7, 11) is 0. The highest BCUT2D eigenvalue weighted by Gasteiger charge is 2.86. The first-order valence-electron chi connectivity index (χ1n) is 17.2. The number of benzene rings is 1. The third kappa shape index (κ3) is 3.06. The van der Waals surface area contributed by atoms with E-state index >= 15 is 0 Å². The molecule has 0 amide bonds. The molecule has 3 aliphatic heterocycles. The van der Waals surface area contributed by atoms with Gasteiger partial charge in [-0.3, -0.25) is 4.79 Å². The molecule has 1 spiro atoms. The molecule has 5 fully saturated rings. The van der Waals surface area contributed by atoms with Crippen molar-refractivity contribution in [3.63, 3.8) is 0 Å². The van der Waals surface area contributed by atoms with Gasteiger partial charge >= 0.3 is 0 Å². The molecule has 2 saturated carbocycles. The molecule has 45 heavy (non-hydrogen) atoms. The van der Waals surface area contributed by atoms with Crippen LogP contribution >= 0.6 is 0 Å². The van der Waals surface area contributed by atoms with E-state index in [-0.39, 0.29) is 23.0 Å². The summed E-state index contributed by atoms with van der Waals surface area (Å²) in [6.07, 6.45) is 1.78. The van der Waals surface area contributed by atoms with Crippen molar-refractivity contribution in [3.05, 3.63) is 34.5 Å². The van der Waals surface area contributed by atoms with E-state index < -0.39 is 57.8 Å². The van der Waals surface area contributed by atoms with E-state index in [1.807, 2.05) is 6.07 Å². The molecule has 1 aromatic heterocycles. The Morgan fingerprint density at radius 1 is 0.978 bits per heavy atom. The molecule has 8 nitrogen and oxygen atoms in total. The first-order valence-corrected chi connectivity index (χ1v) is 17.2. The SMILES string of the molecule is CC(C)(O)C1OC2CC[C@]3(C)[C@@]4(C)c5[nH]c6ccc7c(c6c5C[C@@H]4CC[C@@]3(O)C23OC3[C@@H]1O)C[C@H]1[C@H](C7=O)C(C)(C)OC1(C)C. The monoisotopic (exact) mass is 619 g/mol. The molecule has 9 rings (SSSR count). The van der Waals surface area contributed by atoms with Crippen LogP contribution in [0.4, 0.5) is 0 Å². The van der Waals surface area contributed by atoms with Crippen molar-refractivity contribution in [2.24, 2.45) is 23.2 Å². The molecule has 0 bridgehead atoms. The Bertz CT molecular complexity index is 1690. The Labute approximate surface area is 265 Å². The first kappa shape index (κ1) is 29.3. The van der Waals surface area contributed by atoms with Gasteiger partial charge in [0.1, 0.15) is 23.9 Å². The van der Waals surface area contributed by atoms with Gasteiger partial charge in [-0.25, -0.2) is 0 Å². The van der Waals surface area contributed by atoms with Crippen molar-refractivity contribution >= 4 is 16.7 Å². The molecule has 3 saturated heterocycles. The lowest BCUT2D eigenvalue weighted by molar-refractivity contribution is -0.280. The van der Waals surface area contributed by atoms with Crippen LogP contribution in [0.1, 0.15) is 108 Å². The van der Waals surface area contributed by atoms with Crippen LogP contribution in [0.2, 0.25) is 0 Å². The van der Waals surface area contributed by atoms with Crippen molar-refractivity contribution in [1.29, 1.82) is 0 Å². The number of aromatic amines is 1. The van der Waals surface area contributed by atoms with Gasteiger partial charge in [-0.05, 0) is 109 Å². The van der Waals surface area contributed by atoms with E-state index in [1.54, 1.807) is 13.8 Å². The zero-order valence-corrected chi connectivity index (χ0v) is 27.9. The molecule has 4 heterocycles. The summed E-state index contributed by atoms with van der Waals surface area (Å²) in [4.78, 5) is 18.0. The van der Waals surface area contributed by atoms with Crippen LogP contribution in [-0.2, 0) is 32.5 Å². The molecule has 8 heteroatoms. The van der Waals surface area contributed by atoms with Crippen LogP contribution in [0.15, 0.2) is 12.1 Å². The maximum Gasteiger partial charge on any atom is 0.169 e. The van der Waals surface area contributed by atoms with E-state index in [4.69, 9.17) is 14.2 Å². The van der Waals surface area contributed by atoms with Crippen LogP contribution in [0.3, 0.4) is 0 Å². The van der Waals surface area contributed by atoms with Crippen LogP contribution in [0, 0.1) is 23.2 Å². The predicted molar refractivity (Wildman–Crippen MR) is 167 cm³/mol. The van der Waals surface area contributed by atoms with Crippen molar-refractivity contribution in [2.75, 3.05) is 0 Å². The number of aliphatic hydroxyl groups is 3. The number of epoxide rings is 1. The summed E-state index contributed by atoms with van der Waals surface area (Å²) in [5.74, 6) is 0.467. The van der Waals surface area contributed by atoms with Gasteiger partial charge in [0.05, 0.1) is 28.8 Å². The lowest BCUT2D eigenvalue weighted by atomic mass is 9.40. The maximum absolute atomic E-state index is 14.2. The number of carbonyl (C=O) groups excluding carboxylic acids is 1. The van der Waals surface area contributed by atoms with Gasteiger partial charge in [-0.1, -0.05) is 13.8 Å². The number of ether oxygens (including phenoxy) is 3. The quantitative estimate of drug-likeness (QED) is 0.346. The van der Waals surface area contributed by atoms with Gasteiger partial charge in [0, 0.05) is 38.9 Å². The number of aromatic nitrogens is 1. The number of fused-ring (bicyclic) bond motifs is 10. The second-order valence-corrected chi connectivity index (χ2v) is 17.8. The number of H-pyrrole nitrogens is 1. The molecular formula is C37H49NO7. The number of hydrogen-bond acceptors (Lipinski definition) is 7. The van der Waals surface area contributed by atoms with Crippen molar-refractivity contribution in [1.82, 2.24) is 4.98 Å². The second-order valence-electron chi connectivity index (χ2n) is 17.8. The van der Waals surface area contributed by atoms with Crippen molar-refractivity contribution in [3.8, 4) is 0 Å². The van der Waals surface area contributed by atoms with Gasteiger partial charge in [0.15, 0.2) is 11.4 Å². The van der Waals surface area contributed by atoms with Crippen molar-refractivity contribution < 1.29 is 34.3 Å². The summed E-state index contributed by atoms with van der Waals surface area (Å²) < 4.78 is 19.4. The minimum absolute atomic E-state index is 0.106. The maximum atomic E-state index is 14.2. The molecule has 2 aromatic rings. The Kier molecular flexibility index (Phi) is 5.26. The predicted octanol–water partition coefficient (Wildman–Crippen LogP) is 4.52. The number of rotatable bonds is 1. The molecule has 244 valence electrons. The van der Waals surface area contributed by atoms with E-state index in [0.717, 1.165) is 42.3 Å². The average Bonchev–Trinajstić information content (AvgIpc) is 3.44. The molecule has 7 aliphatic rings. The first-order chi connectivity index (χ1) is 20.8. The zero-order chi connectivity index (χ0) is 32.1. The topological polar surface area (TPSA) is 125 Å². The Morgan fingerprint density at radius 2 is 1.71 bits per heavy atom. The molecule has 4 unspecified atom stereocenters. The van der Waals surface area contributed by atoms with E-state index in [1.165, 1.54) is 16.6 Å². The number of nitrogens with one attached hydrogen (secondary N) is 1. The summed E-state index contributed by atoms with van der Waals surface area (Å²) in [5, 5.41) is 36.4. The lowest BCUT2D eigenvalue weighted by Crippen LogP contribution is -2.76. The standard InChI is InChI=1S/C37H49NO7/c1-31(2,41)29-27(40)30-37(44-30)23(43-29)12-13-34(7)35(8)17(11-14-36(34,37)42)15-20-24-19-16-21-25(33(5,6)45-32(21,3)4)26(39)18(19)9-10-22(24)38-28(20)35/h9-10,17,21,23,25,27,29-30,38,40-42H,11-16H2,1-8H3/t17-,21-,23?,25+,27+,29?,30?,34+,35+,36-,37?/m0/s1. The minimum Gasteiger partial charge on any atom is -0.388 e. The molecule has 4 aliphatic carbocycles. The summed E-state index contributed by atoms with van der Waals surface area (Å²) in [5.41, 5.74) is 0.255. The number of Topliss-reactive ketones (excluding diaryl/α,β-unsaturated/α-hetero) is 1. The molecule has 4 N–H and O–H groups in total. The zero-order valence-electron chi connectivity index (χ0n) is 27.9. The van der Waals surface area contributed by atoms with Crippen LogP contribution < -0.4 is 0 Å². The van der Waals surface area contributed by atoms with Crippen LogP contribution in [0.5, 0.6) is 0 Å². The minimum atomic E-state index is -1.23. The Hall–Kier alpha value is -1.81. The summed E-state index contributed by atoms with van der Waals surface area (Å²) >= 11 is 0. The summed E-state index contributed by atoms with van der Waals surface area (Å²) in [6.45, 7) is 16.3. The van der Waals surface area contributed by atoms with Gasteiger partial charge in [0.2, 0.25) is 0 Å². The smallest absolute Gasteiger partial charge is 0.169 e. The third-order valence-corrected chi connectivity index (χ3v) is 14.8. The van der Waals surface area contributed by atoms with E-state index in [9.17, 15) is 20.1 Å². The average molecular weight is 620 g/mol. The summed E-state index contributed by atoms with van der Waals surface area (Å²) in [6, 6.07) is 4.11. The lowest BCUT2D eigenvalue weighted by Gasteiger charge is -2.66. The van der Waals surface area contributed by atoms with Gasteiger partial charge < -0.3 is 34.5 Å². The highest BCUT2D eigenvalue weighted by Crippen LogP contribution is 2.75. The fourth-order valence-corrected chi connectivity index (χ4v) is 12.6. The van der Waals surface area contributed by atoms with Gasteiger partial charge in [-0.2, -0.15) is 0 Å². The number of aliphatic hydroxyl groups excluding tert-OH is 1. The third-order valence-electron chi connectivity index (χ3n) is 14.8. The normalized spacial score (nSPS) is 48.5. The second kappa shape index (κ2) is 8.07. The number of ketones is 1. The van der Waals surface area contributed by atoms with E-state index in [0.29, 0.717) is 18.8 Å². The Balaban J connectivity index is 1.17. The number of hydrogen-bond donors (Lipinski definition) is 4. The largest absolute Gasteiger partial charge is 0.388 e. The Morgan fingerprint density at radius 3 is 2.42 bits per heavy atom. The van der Waals surface area contributed by atoms with Crippen LogP contribution in [-0.4, -0.2) is 78.5 Å².